The first-order valence-electron chi connectivity index (χ1n) is 7.25. The molecule has 0 bridgehead atoms. The molecule has 3 heteroatoms. The molecule has 1 fully saturated rings. The summed E-state index contributed by atoms with van der Waals surface area (Å²) in [5.41, 5.74) is 4.10. The molecule has 0 aliphatic carbocycles. The lowest BCUT2D eigenvalue weighted by Gasteiger charge is -2.42. The van der Waals surface area contributed by atoms with Gasteiger partial charge in [-0.15, -0.1) is 0 Å². The Bertz CT molecular complexity index is 631. The van der Waals surface area contributed by atoms with Crippen molar-refractivity contribution >= 4 is 10.9 Å². The minimum atomic E-state index is -0.212. The lowest BCUT2D eigenvalue weighted by atomic mass is 9.89. The van der Waals surface area contributed by atoms with Crippen LogP contribution in [0.25, 0.3) is 10.9 Å². The molecule has 2 aliphatic heterocycles. The third-order valence-electron chi connectivity index (χ3n) is 4.89. The van der Waals surface area contributed by atoms with Crippen LogP contribution in [-0.2, 0) is 13.5 Å². The van der Waals surface area contributed by atoms with E-state index in [1.54, 1.807) is 0 Å². The fourth-order valence-corrected chi connectivity index (χ4v) is 4.04. The smallest absolute Gasteiger partial charge is 0.0766 e. The Balaban J connectivity index is 1.97. The highest BCUT2D eigenvalue weighted by molar-refractivity contribution is 5.86. The largest absolute Gasteiger partial charge is 0.391 e. The summed E-state index contributed by atoms with van der Waals surface area (Å²) < 4.78 is 2.30. The molecule has 2 aliphatic rings. The highest BCUT2D eigenvalue weighted by Crippen LogP contribution is 2.40. The topological polar surface area (TPSA) is 28.4 Å². The number of aryl methyl sites for hydroxylation is 1. The van der Waals surface area contributed by atoms with Gasteiger partial charge in [-0.1, -0.05) is 18.2 Å². The van der Waals surface area contributed by atoms with Crippen LogP contribution < -0.4 is 0 Å². The SMILES string of the molecule is Cn1c2c(c3ccccc31)CCN1CCCC(O)C21. The molecule has 0 saturated carbocycles. The predicted octanol–water partition coefficient (Wildman–Crippen LogP) is 2.23. The number of hydrogen-bond acceptors (Lipinski definition) is 2. The fourth-order valence-electron chi connectivity index (χ4n) is 4.04. The summed E-state index contributed by atoms with van der Waals surface area (Å²) in [5.74, 6) is 0. The van der Waals surface area contributed by atoms with Crippen molar-refractivity contribution < 1.29 is 5.11 Å². The summed E-state index contributed by atoms with van der Waals surface area (Å²) in [6.45, 7) is 2.21. The normalized spacial score (nSPS) is 27.3. The molecule has 0 radical (unpaired) electrons. The lowest BCUT2D eigenvalue weighted by molar-refractivity contribution is 0.00113. The Labute approximate surface area is 113 Å². The molecule has 3 heterocycles. The molecule has 2 aromatic rings. The number of piperidine rings is 1. The molecule has 1 aromatic carbocycles. The van der Waals surface area contributed by atoms with Crippen LogP contribution in [0.2, 0.25) is 0 Å². The van der Waals surface area contributed by atoms with E-state index in [4.69, 9.17) is 0 Å². The number of para-hydroxylation sites is 1. The molecular weight excluding hydrogens is 236 g/mol. The zero-order chi connectivity index (χ0) is 13.0. The Morgan fingerprint density at radius 2 is 2.05 bits per heavy atom. The Hall–Kier alpha value is -1.32. The summed E-state index contributed by atoms with van der Waals surface area (Å²) >= 11 is 0. The van der Waals surface area contributed by atoms with Crippen LogP contribution in [0, 0.1) is 0 Å². The second-order valence-electron chi connectivity index (χ2n) is 5.88. The quantitative estimate of drug-likeness (QED) is 0.783. The molecule has 2 atom stereocenters. The van der Waals surface area contributed by atoms with E-state index in [9.17, 15) is 5.11 Å². The van der Waals surface area contributed by atoms with E-state index in [0.717, 1.165) is 32.4 Å². The molecule has 0 amide bonds. The third-order valence-corrected chi connectivity index (χ3v) is 4.89. The summed E-state index contributed by atoms with van der Waals surface area (Å²) in [4.78, 5) is 2.47. The Morgan fingerprint density at radius 3 is 2.95 bits per heavy atom. The van der Waals surface area contributed by atoms with Crippen LogP contribution >= 0.6 is 0 Å². The second-order valence-corrected chi connectivity index (χ2v) is 5.88. The van der Waals surface area contributed by atoms with E-state index in [2.05, 4.69) is 40.8 Å². The van der Waals surface area contributed by atoms with E-state index in [0.29, 0.717) is 0 Å². The zero-order valence-electron chi connectivity index (χ0n) is 11.3. The number of benzene rings is 1. The first-order chi connectivity index (χ1) is 9.27. The molecular formula is C16H20N2O. The second kappa shape index (κ2) is 4.09. The van der Waals surface area contributed by atoms with Gasteiger partial charge in [-0.3, -0.25) is 4.90 Å². The van der Waals surface area contributed by atoms with Crippen molar-refractivity contribution in [2.45, 2.75) is 31.4 Å². The molecule has 0 spiro atoms. The maximum absolute atomic E-state index is 10.4. The van der Waals surface area contributed by atoms with Gasteiger partial charge in [0.05, 0.1) is 12.1 Å². The predicted molar refractivity (Wildman–Crippen MR) is 76.2 cm³/mol. The van der Waals surface area contributed by atoms with Crippen LogP contribution in [0.5, 0.6) is 0 Å². The van der Waals surface area contributed by atoms with Crippen molar-refractivity contribution in [1.29, 1.82) is 0 Å². The standard InChI is InChI=1S/C16H20N2O/c1-17-13-6-3-2-5-11(13)12-8-10-18-9-4-7-14(19)16(18)15(12)17/h2-3,5-6,14,16,19H,4,7-10H2,1H3. The van der Waals surface area contributed by atoms with Gasteiger partial charge >= 0.3 is 0 Å². The van der Waals surface area contributed by atoms with Crippen LogP contribution in [0.4, 0.5) is 0 Å². The van der Waals surface area contributed by atoms with Gasteiger partial charge < -0.3 is 9.67 Å². The van der Waals surface area contributed by atoms with Crippen molar-refractivity contribution in [3.05, 3.63) is 35.5 Å². The van der Waals surface area contributed by atoms with Gasteiger partial charge in [-0.2, -0.15) is 0 Å². The lowest BCUT2D eigenvalue weighted by Crippen LogP contribution is -2.46. The number of hydrogen-bond donors (Lipinski definition) is 1. The summed E-state index contributed by atoms with van der Waals surface area (Å²) in [6.07, 6.45) is 2.95. The Morgan fingerprint density at radius 1 is 1.21 bits per heavy atom. The van der Waals surface area contributed by atoms with Crippen molar-refractivity contribution in [3.63, 3.8) is 0 Å². The minimum Gasteiger partial charge on any atom is -0.391 e. The number of fused-ring (bicyclic) bond motifs is 5. The maximum atomic E-state index is 10.4. The van der Waals surface area contributed by atoms with Crippen molar-refractivity contribution in [2.75, 3.05) is 13.1 Å². The van der Waals surface area contributed by atoms with E-state index < -0.39 is 0 Å². The maximum Gasteiger partial charge on any atom is 0.0766 e. The van der Waals surface area contributed by atoms with Gasteiger partial charge in [0.25, 0.3) is 0 Å². The van der Waals surface area contributed by atoms with Gasteiger partial charge in [0.1, 0.15) is 0 Å². The third kappa shape index (κ3) is 1.52. The number of aromatic nitrogens is 1. The van der Waals surface area contributed by atoms with Crippen LogP contribution in [-0.4, -0.2) is 33.8 Å². The molecule has 1 saturated heterocycles. The van der Waals surface area contributed by atoms with Crippen molar-refractivity contribution in [3.8, 4) is 0 Å². The highest BCUT2D eigenvalue weighted by atomic mass is 16.3. The van der Waals surface area contributed by atoms with Crippen molar-refractivity contribution in [2.24, 2.45) is 7.05 Å². The fraction of sp³-hybridized carbons (Fsp3) is 0.500. The van der Waals surface area contributed by atoms with Gasteiger partial charge in [0.2, 0.25) is 0 Å². The van der Waals surface area contributed by atoms with Crippen molar-refractivity contribution in [1.82, 2.24) is 9.47 Å². The average molecular weight is 256 g/mol. The van der Waals surface area contributed by atoms with Gasteiger partial charge in [-0.05, 0) is 37.4 Å². The van der Waals surface area contributed by atoms with Gasteiger partial charge in [0, 0.05) is 30.2 Å². The molecule has 19 heavy (non-hydrogen) atoms. The zero-order valence-corrected chi connectivity index (χ0v) is 11.3. The van der Waals surface area contributed by atoms with Crippen LogP contribution in [0.1, 0.15) is 30.1 Å². The van der Waals surface area contributed by atoms with E-state index in [1.807, 2.05) is 0 Å². The van der Waals surface area contributed by atoms with E-state index in [-0.39, 0.29) is 12.1 Å². The average Bonchev–Trinajstić information content (AvgIpc) is 2.73. The molecule has 1 N–H and O–H groups in total. The van der Waals surface area contributed by atoms with Gasteiger partial charge in [0.15, 0.2) is 0 Å². The molecule has 3 nitrogen and oxygen atoms in total. The Kier molecular flexibility index (Phi) is 2.47. The van der Waals surface area contributed by atoms with Crippen LogP contribution in [0.3, 0.4) is 0 Å². The van der Waals surface area contributed by atoms with E-state index in [1.165, 1.54) is 22.2 Å². The summed E-state index contributed by atoms with van der Waals surface area (Å²) in [6, 6.07) is 8.83. The first kappa shape index (κ1) is 11.5. The monoisotopic (exact) mass is 256 g/mol. The number of aliphatic hydroxyl groups excluding tert-OH is 1. The number of nitrogens with zero attached hydrogens (tertiary/aromatic N) is 2. The van der Waals surface area contributed by atoms with Gasteiger partial charge in [-0.25, -0.2) is 0 Å². The summed E-state index contributed by atoms with van der Waals surface area (Å²) in [5, 5.41) is 11.8. The molecule has 1 aromatic heterocycles. The first-order valence-corrected chi connectivity index (χ1v) is 7.25. The molecule has 2 unspecified atom stereocenters. The molecule has 4 rings (SSSR count). The summed E-state index contributed by atoms with van der Waals surface area (Å²) in [7, 11) is 2.14. The van der Waals surface area contributed by atoms with E-state index >= 15 is 0 Å². The number of rotatable bonds is 0. The molecule has 100 valence electrons. The number of aliphatic hydroxyl groups is 1. The van der Waals surface area contributed by atoms with Crippen LogP contribution in [0.15, 0.2) is 24.3 Å². The highest BCUT2D eigenvalue weighted by Gasteiger charge is 2.38. The minimum absolute atomic E-state index is 0.204.